The monoisotopic (exact) mass is 481 g/mol. The fourth-order valence-corrected chi connectivity index (χ4v) is 5.22. The third-order valence-electron chi connectivity index (χ3n) is 7.21. The van der Waals surface area contributed by atoms with Crippen molar-refractivity contribution >= 4 is 17.5 Å². The molecule has 5 rings (SSSR count). The zero-order chi connectivity index (χ0) is 25.2. The number of hydrogen-bond acceptors (Lipinski definition) is 9. The molecule has 0 spiro atoms. The highest BCUT2D eigenvalue weighted by Crippen LogP contribution is 2.39. The molecule has 2 aliphatic heterocycles. The largest absolute Gasteiger partial charge is 0.478 e. The standard InChI is InChI=1S/C24H32FN9O/c1-22(2)11-15(12-23(3,4)33(22)7)27-19-16(25)13-26-21(29-19)28-14-8-9-18-17(10-14)34-20(30-31-32-34)24(5,6)35-18/h8-10,13,15H,11-12H2,1-7H3,(H2,26,27,28,29). The summed E-state index contributed by atoms with van der Waals surface area (Å²) in [6, 6.07) is 5.63. The van der Waals surface area contributed by atoms with Gasteiger partial charge in [0.2, 0.25) is 5.95 Å². The van der Waals surface area contributed by atoms with Crippen molar-refractivity contribution in [2.45, 2.75) is 77.1 Å². The van der Waals surface area contributed by atoms with Crippen molar-refractivity contribution in [1.29, 1.82) is 0 Å². The van der Waals surface area contributed by atoms with Crippen LogP contribution in [0.25, 0.3) is 5.69 Å². The number of likely N-dealkylation sites (tertiary alicyclic amines) is 1. The number of rotatable bonds is 4. The summed E-state index contributed by atoms with van der Waals surface area (Å²) in [5, 5.41) is 18.5. The van der Waals surface area contributed by atoms with Crippen LogP contribution >= 0.6 is 0 Å². The van der Waals surface area contributed by atoms with Crippen LogP contribution in [0.1, 0.15) is 60.2 Å². The van der Waals surface area contributed by atoms with E-state index in [-0.39, 0.29) is 28.9 Å². The molecule has 4 heterocycles. The van der Waals surface area contributed by atoms with Gasteiger partial charge in [-0.3, -0.25) is 4.90 Å². The number of tetrazole rings is 1. The lowest BCUT2D eigenvalue weighted by molar-refractivity contribution is -0.00778. The Bertz CT molecular complexity index is 1250. The molecule has 11 heteroatoms. The molecule has 0 atom stereocenters. The van der Waals surface area contributed by atoms with E-state index in [9.17, 15) is 4.39 Å². The molecule has 0 aliphatic carbocycles. The number of anilines is 3. The Balaban J connectivity index is 1.38. The average Bonchev–Trinajstić information content (AvgIpc) is 3.26. The number of ether oxygens (including phenoxy) is 1. The molecule has 2 N–H and O–H groups in total. The van der Waals surface area contributed by atoms with E-state index in [1.54, 1.807) is 4.68 Å². The Morgan fingerprint density at radius 3 is 2.51 bits per heavy atom. The van der Waals surface area contributed by atoms with Gasteiger partial charge in [-0.05, 0) is 90.1 Å². The summed E-state index contributed by atoms with van der Waals surface area (Å²) in [6.45, 7) is 12.7. The lowest BCUT2D eigenvalue weighted by atomic mass is 9.77. The Kier molecular flexibility index (Phi) is 5.24. The molecule has 10 nitrogen and oxygen atoms in total. The van der Waals surface area contributed by atoms with Crippen molar-refractivity contribution in [3.05, 3.63) is 36.0 Å². The number of benzene rings is 1. The van der Waals surface area contributed by atoms with E-state index >= 15 is 0 Å². The molecule has 2 aromatic heterocycles. The van der Waals surface area contributed by atoms with Gasteiger partial charge in [0, 0.05) is 22.8 Å². The number of piperidine rings is 1. The number of aromatic nitrogens is 6. The first-order valence-corrected chi connectivity index (χ1v) is 11.8. The molecule has 35 heavy (non-hydrogen) atoms. The molecule has 1 saturated heterocycles. The SMILES string of the molecule is CN1C(C)(C)CC(Nc2nc(Nc3ccc4c(c3)-n3nnnc3C(C)(C)O4)ncc2F)CC1(C)C. The van der Waals surface area contributed by atoms with E-state index < -0.39 is 11.4 Å². The minimum atomic E-state index is -0.650. The molecule has 0 amide bonds. The highest BCUT2D eigenvalue weighted by molar-refractivity contribution is 5.63. The van der Waals surface area contributed by atoms with Crippen LogP contribution in [-0.2, 0) is 5.60 Å². The number of nitrogens with zero attached hydrogens (tertiary/aromatic N) is 7. The second-order valence-corrected chi connectivity index (χ2v) is 11.2. The fraction of sp³-hybridized carbons (Fsp3) is 0.542. The first-order valence-electron chi connectivity index (χ1n) is 11.8. The number of nitrogens with one attached hydrogen (secondary N) is 2. The predicted molar refractivity (Wildman–Crippen MR) is 131 cm³/mol. The Morgan fingerprint density at radius 2 is 1.80 bits per heavy atom. The maximum Gasteiger partial charge on any atom is 0.229 e. The van der Waals surface area contributed by atoms with Crippen molar-refractivity contribution < 1.29 is 9.13 Å². The molecule has 3 aromatic rings. The molecule has 186 valence electrons. The fourth-order valence-electron chi connectivity index (χ4n) is 5.22. The second-order valence-electron chi connectivity index (χ2n) is 11.2. The third kappa shape index (κ3) is 4.18. The van der Waals surface area contributed by atoms with Crippen molar-refractivity contribution in [2.24, 2.45) is 0 Å². The van der Waals surface area contributed by atoms with Crippen molar-refractivity contribution in [2.75, 3.05) is 17.7 Å². The molecule has 0 saturated carbocycles. The normalized spacial score (nSPS) is 20.5. The van der Waals surface area contributed by atoms with Gasteiger partial charge < -0.3 is 15.4 Å². The molecule has 1 fully saturated rings. The molecular weight excluding hydrogens is 449 g/mol. The van der Waals surface area contributed by atoms with Crippen LogP contribution in [-0.4, -0.2) is 59.2 Å². The minimum absolute atomic E-state index is 0.0289. The van der Waals surface area contributed by atoms with E-state index in [1.165, 1.54) is 6.20 Å². The Morgan fingerprint density at radius 1 is 1.09 bits per heavy atom. The zero-order valence-corrected chi connectivity index (χ0v) is 21.2. The van der Waals surface area contributed by atoms with Gasteiger partial charge in [-0.15, -0.1) is 5.10 Å². The molecule has 2 aliphatic rings. The Hall–Kier alpha value is -3.34. The van der Waals surface area contributed by atoms with Crippen molar-refractivity contribution in [3.63, 3.8) is 0 Å². The van der Waals surface area contributed by atoms with Gasteiger partial charge >= 0.3 is 0 Å². The second kappa shape index (κ2) is 7.84. The highest BCUT2D eigenvalue weighted by atomic mass is 19.1. The van der Waals surface area contributed by atoms with Gasteiger partial charge in [-0.25, -0.2) is 9.37 Å². The van der Waals surface area contributed by atoms with Crippen LogP contribution in [0.3, 0.4) is 0 Å². The van der Waals surface area contributed by atoms with E-state index in [0.29, 0.717) is 22.9 Å². The zero-order valence-electron chi connectivity index (χ0n) is 21.2. The van der Waals surface area contributed by atoms with Crippen LogP contribution in [0.15, 0.2) is 24.4 Å². The summed E-state index contributed by atoms with van der Waals surface area (Å²) in [4.78, 5) is 11.0. The summed E-state index contributed by atoms with van der Waals surface area (Å²) in [7, 11) is 2.15. The topological polar surface area (TPSA) is 106 Å². The minimum Gasteiger partial charge on any atom is -0.478 e. The predicted octanol–water partition coefficient (Wildman–Crippen LogP) is 4.03. The number of hydrogen-bond donors (Lipinski definition) is 2. The molecule has 0 radical (unpaired) electrons. The van der Waals surface area contributed by atoms with Crippen molar-refractivity contribution in [3.8, 4) is 11.4 Å². The van der Waals surface area contributed by atoms with Crippen molar-refractivity contribution in [1.82, 2.24) is 35.1 Å². The number of fused-ring (bicyclic) bond motifs is 3. The maximum absolute atomic E-state index is 14.7. The van der Waals surface area contributed by atoms with Gasteiger partial charge in [0.15, 0.2) is 23.1 Å². The average molecular weight is 482 g/mol. The maximum atomic E-state index is 14.7. The van der Waals surface area contributed by atoms with Gasteiger partial charge in [0.05, 0.1) is 6.20 Å². The van der Waals surface area contributed by atoms with Gasteiger partial charge in [-0.1, -0.05) is 0 Å². The first kappa shape index (κ1) is 23.4. The first-order chi connectivity index (χ1) is 16.4. The van der Waals surface area contributed by atoms with Gasteiger partial charge in [-0.2, -0.15) is 9.67 Å². The van der Waals surface area contributed by atoms with Gasteiger partial charge in [0.1, 0.15) is 11.4 Å². The quantitative estimate of drug-likeness (QED) is 0.571. The highest BCUT2D eigenvalue weighted by Gasteiger charge is 2.43. The molecule has 0 bridgehead atoms. The van der Waals surface area contributed by atoms with E-state index in [4.69, 9.17) is 4.74 Å². The van der Waals surface area contributed by atoms with E-state index in [2.05, 4.69) is 75.8 Å². The van der Waals surface area contributed by atoms with Crippen LogP contribution in [0, 0.1) is 5.82 Å². The Labute approximate surface area is 204 Å². The summed E-state index contributed by atoms with van der Waals surface area (Å²) in [5.41, 5.74) is 0.694. The summed E-state index contributed by atoms with van der Waals surface area (Å²) >= 11 is 0. The van der Waals surface area contributed by atoms with Crippen LogP contribution in [0.4, 0.5) is 21.8 Å². The van der Waals surface area contributed by atoms with Crippen LogP contribution in [0.5, 0.6) is 5.75 Å². The lowest BCUT2D eigenvalue weighted by Crippen LogP contribution is -2.61. The summed E-state index contributed by atoms with van der Waals surface area (Å²) in [6.07, 6.45) is 2.93. The van der Waals surface area contributed by atoms with Crippen LogP contribution in [0.2, 0.25) is 0 Å². The van der Waals surface area contributed by atoms with Crippen LogP contribution < -0.4 is 15.4 Å². The number of halogens is 1. The van der Waals surface area contributed by atoms with E-state index in [1.807, 2.05) is 32.0 Å². The molecular formula is C24H32FN9O. The van der Waals surface area contributed by atoms with Gasteiger partial charge in [0.25, 0.3) is 0 Å². The summed E-state index contributed by atoms with van der Waals surface area (Å²) in [5.74, 6) is 1.26. The molecule has 1 aromatic carbocycles. The lowest BCUT2D eigenvalue weighted by Gasteiger charge is -2.53. The molecule has 0 unspecified atom stereocenters. The summed E-state index contributed by atoms with van der Waals surface area (Å²) < 4.78 is 22.4. The smallest absolute Gasteiger partial charge is 0.229 e. The third-order valence-corrected chi connectivity index (χ3v) is 7.21. The van der Waals surface area contributed by atoms with E-state index in [0.717, 1.165) is 12.8 Å².